The Labute approximate surface area is 170 Å². The first kappa shape index (κ1) is 18.6. The summed E-state index contributed by atoms with van der Waals surface area (Å²) >= 11 is 0. The molecule has 154 valence electrons. The Morgan fingerprint density at radius 2 is 1.79 bits per heavy atom. The number of amides is 1. The summed E-state index contributed by atoms with van der Waals surface area (Å²) in [5, 5.41) is 3.84. The third-order valence-electron chi connectivity index (χ3n) is 6.18. The van der Waals surface area contributed by atoms with E-state index in [1.807, 2.05) is 23.2 Å². The van der Waals surface area contributed by atoms with Crippen LogP contribution in [-0.2, 0) is 14.3 Å². The van der Waals surface area contributed by atoms with Crippen molar-refractivity contribution >= 4 is 11.7 Å². The van der Waals surface area contributed by atoms with Gasteiger partial charge in [0.05, 0.1) is 13.2 Å². The molecule has 0 radical (unpaired) electrons. The fourth-order valence-electron chi connectivity index (χ4n) is 4.90. The van der Waals surface area contributed by atoms with E-state index in [0.29, 0.717) is 50.6 Å². The zero-order valence-electron chi connectivity index (χ0n) is 16.9. The molecular weight excluding hydrogens is 372 g/mol. The van der Waals surface area contributed by atoms with E-state index in [1.165, 1.54) is 0 Å². The van der Waals surface area contributed by atoms with Gasteiger partial charge in [-0.3, -0.25) is 9.59 Å². The van der Waals surface area contributed by atoms with Gasteiger partial charge in [0.1, 0.15) is 0 Å². The van der Waals surface area contributed by atoms with Crippen molar-refractivity contribution in [3.8, 4) is 11.5 Å². The van der Waals surface area contributed by atoms with Crippen molar-refractivity contribution < 1.29 is 23.8 Å². The minimum Gasteiger partial charge on any atom is -0.454 e. The first-order chi connectivity index (χ1) is 13.9. The van der Waals surface area contributed by atoms with Crippen molar-refractivity contribution in [2.24, 2.45) is 5.41 Å². The van der Waals surface area contributed by atoms with Crippen molar-refractivity contribution in [1.82, 2.24) is 10.0 Å². The molecule has 1 atom stereocenters. The summed E-state index contributed by atoms with van der Waals surface area (Å²) in [6.45, 7) is 6.90. The van der Waals surface area contributed by atoms with Gasteiger partial charge in [0.15, 0.2) is 17.3 Å². The summed E-state index contributed by atoms with van der Waals surface area (Å²) in [6.07, 6.45) is 1.48. The Bertz CT molecular complexity index is 900. The van der Waals surface area contributed by atoms with Crippen molar-refractivity contribution in [1.29, 1.82) is 0 Å². The average Bonchev–Trinajstić information content (AvgIpc) is 3.14. The van der Waals surface area contributed by atoms with Crippen molar-refractivity contribution in [3.63, 3.8) is 0 Å². The van der Waals surface area contributed by atoms with E-state index in [0.717, 1.165) is 16.8 Å². The van der Waals surface area contributed by atoms with Gasteiger partial charge in [0.2, 0.25) is 12.7 Å². The van der Waals surface area contributed by atoms with Gasteiger partial charge in [0.25, 0.3) is 0 Å². The molecule has 4 aliphatic rings. The minimum atomic E-state index is -0.243. The van der Waals surface area contributed by atoms with Crippen LogP contribution >= 0.6 is 0 Å². The normalized spacial score (nSPS) is 26.7. The van der Waals surface area contributed by atoms with E-state index in [-0.39, 0.29) is 36.2 Å². The summed E-state index contributed by atoms with van der Waals surface area (Å²) in [6, 6.07) is 5.74. The zero-order valence-corrected chi connectivity index (χ0v) is 16.9. The standard InChI is InChI=1S/C22H26N2O5/c1-22(2)11-16-21(17(25)12-22)15(14-3-4-18-19(9-14)29-13-28-18)10-20(26)24(16)23-5-7-27-8-6-23/h3-4,9,15H,5-8,10-13H2,1-2H3. The van der Waals surface area contributed by atoms with E-state index >= 15 is 0 Å². The number of ether oxygens (including phenoxy) is 3. The number of ketones is 1. The predicted molar refractivity (Wildman–Crippen MR) is 104 cm³/mol. The van der Waals surface area contributed by atoms with Gasteiger partial charge >= 0.3 is 0 Å². The molecule has 0 bridgehead atoms. The second-order valence-corrected chi connectivity index (χ2v) is 8.94. The third kappa shape index (κ3) is 3.22. The molecule has 1 saturated heterocycles. The Balaban J connectivity index is 1.60. The number of hydrogen-bond acceptors (Lipinski definition) is 6. The Kier molecular flexibility index (Phi) is 4.40. The van der Waals surface area contributed by atoms with Crippen LogP contribution in [-0.4, -0.2) is 54.8 Å². The summed E-state index contributed by atoms with van der Waals surface area (Å²) in [5.74, 6) is 1.32. The van der Waals surface area contributed by atoms with Gasteiger partial charge in [-0.05, 0) is 29.5 Å². The van der Waals surface area contributed by atoms with Crippen LogP contribution in [0.25, 0.3) is 0 Å². The van der Waals surface area contributed by atoms with Gasteiger partial charge in [-0.2, -0.15) is 0 Å². The molecule has 1 unspecified atom stereocenters. The third-order valence-corrected chi connectivity index (χ3v) is 6.18. The van der Waals surface area contributed by atoms with E-state index in [9.17, 15) is 9.59 Å². The van der Waals surface area contributed by atoms with Gasteiger partial charge in [0, 0.05) is 43.1 Å². The average molecular weight is 398 g/mol. The predicted octanol–water partition coefficient (Wildman–Crippen LogP) is 2.62. The van der Waals surface area contributed by atoms with Crippen LogP contribution in [0.2, 0.25) is 0 Å². The summed E-state index contributed by atoms with van der Waals surface area (Å²) in [5.41, 5.74) is 2.42. The smallest absolute Gasteiger partial charge is 0.242 e. The molecule has 1 fully saturated rings. The van der Waals surface area contributed by atoms with Crippen LogP contribution in [0.3, 0.4) is 0 Å². The van der Waals surface area contributed by atoms with Crippen molar-refractivity contribution in [2.45, 2.75) is 39.0 Å². The molecule has 1 aromatic carbocycles. The maximum absolute atomic E-state index is 13.3. The SMILES string of the molecule is CC1(C)CC(=O)C2=C(C1)N(N1CCOCC1)C(=O)CC2c1ccc2c(c1)OCO2. The highest BCUT2D eigenvalue weighted by Crippen LogP contribution is 2.48. The molecule has 1 aromatic rings. The highest BCUT2D eigenvalue weighted by Gasteiger charge is 2.45. The van der Waals surface area contributed by atoms with E-state index in [4.69, 9.17) is 14.2 Å². The van der Waals surface area contributed by atoms with Crippen LogP contribution in [0.4, 0.5) is 0 Å². The highest BCUT2D eigenvalue weighted by molar-refractivity contribution is 6.02. The van der Waals surface area contributed by atoms with E-state index in [1.54, 1.807) is 5.01 Å². The van der Waals surface area contributed by atoms with Crippen LogP contribution in [0.1, 0.15) is 44.6 Å². The Hall–Kier alpha value is -2.38. The molecule has 1 amide bonds. The number of rotatable bonds is 2. The van der Waals surface area contributed by atoms with Crippen molar-refractivity contribution in [3.05, 3.63) is 35.0 Å². The number of morpholine rings is 1. The first-order valence-electron chi connectivity index (χ1n) is 10.2. The number of nitrogens with zero attached hydrogens (tertiary/aromatic N) is 2. The monoisotopic (exact) mass is 398 g/mol. The minimum absolute atomic E-state index is 0.0406. The number of carbonyl (C=O) groups excluding carboxylic acids is 2. The van der Waals surface area contributed by atoms with E-state index in [2.05, 4.69) is 13.8 Å². The maximum atomic E-state index is 13.3. The van der Waals surface area contributed by atoms with Gasteiger partial charge in [-0.1, -0.05) is 19.9 Å². The van der Waals surface area contributed by atoms with Crippen LogP contribution in [0.15, 0.2) is 29.5 Å². The highest BCUT2D eigenvalue weighted by atomic mass is 16.7. The van der Waals surface area contributed by atoms with E-state index < -0.39 is 0 Å². The lowest BCUT2D eigenvalue weighted by Gasteiger charge is -2.47. The summed E-state index contributed by atoms with van der Waals surface area (Å²) in [4.78, 5) is 26.6. The molecule has 0 aromatic heterocycles. The molecular formula is C22H26N2O5. The molecule has 7 heteroatoms. The number of Topliss-reactive ketones (excluding diaryl/α,β-unsaturated/α-hetero) is 1. The number of hydrogen-bond donors (Lipinski definition) is 0. The molecule has 3 heterocycles. The number of hydrazine groups is 1. The van der Waals surface area contributed by atoms with Crippen LogP contribution < -0.4 is 9.47 Å². The number of carbonyl (C=O) groups is 2. The van der Waals surface area contributed by atoms with Crippen LogP contribution in [0, 0.1) is 5.41 Å². The van der Waals surface area contributed by atoms with Gasteiger partial charge in [-0.15, -0.1) is 0 Å². The zero-order chi connectivity index (χ0) is 20.2. The fraction of sp³-hybridized carbons (Fsp3) is 0.545. The fourth-order valence-corrected chi connectivity index (χ4v) is 4.90. The quantitative estimate of drug-likeness (QED) is 0.763. The second-order valence-electron chi connectivity index (χ2n) is 8.94. The number of fused-ring (bicyclic) bond motifs is 1. The van der Waals surface area contributed by atoms with Crippen LogP contribution in [0.5, 0.6) is 11.5 Å². The first-order valence-corrected chi connectivity index (χ1v) is 10.2. The molecule has 29 heavy (non-hydrogen) atoms. The molecule has 0 spiro atoms. The Morgan fingerprint density at radius 3 is 2.59 bits per heavy atom. The van der Waals surface area contributed by atoms with Crippen molar-refractivity contribution in [2.75, 3.05) is 33.1 Å². The van der Waals surface area contributed by atoms with Gasteiger partial charge < -0.3 is 14.2 Å². The number of allylic oxidation sites excluding steroid dienone is 2. The molecule has 5 rings (SSSR count). The molecule has 7 nitrogen and oxygen atoms in total. The molecule has 3 aliphatic heterocycles. The number of benzene rings is 1. The second kappa shape index (κ2) is 6.85. The lowest BCUT2D eigenvalue weighted by Crippen LogP contribution is -2.55. The Morgan fingerprint density at radius 1 is 1.03 bits per heavy atom. The summed E-state index contributed by atoms with van der Waals surface area (Å²) < 4.78 is 16.4. The van der Waals surface area contributed by atoms with Gasteiger partial charge in [-0.25, -0.2) is 10.0 Å². The molecule has 0 N–H and O–H groups in total. The lowest BCUT2D eigenvalue weighted by atomic mass is 9.69. The molecule has 0 saturated carbocycles. The largest absolute Gasteiger partial charge is 0.454 e. The maximum Gasteiger partial charge on any atom is 0.242 e. The lowest BCUT2D eigenvalue weighted by molar-refractivity contribution is -0.154. The topological polar surface area (TPSA) is 68.3 Å². The summed E-state index contributed by atoms with van der Waals surface area (Å²) in [7, 11) is 0. The molecule has 1 aliphatic carbocycles.